The molecule has 132 valence electrons. The first-order valence-corrected chi connectivity index (χ1v) is 8.39. The lowest BCUT2D eigenvalue weighted by Gasteiger charge is -2.34. The van der Waals surface area contributed by atoms with Crippen LogP contribution in [-0.4, -0.2) is 61.0 Å². The summed E-state index contributed by atoms with van der Waals surface area (Å²) in [6, 6.07) is 1.69. The molecule has 1 aliphatic rings. The summed E-state index contributed by atoms with van der Waals surface area (Å²) in [6.45, 7) is 4.65. The highest BCUT2D eigenvalue weighted by Gasteiger charge is 2.22. The first-order chi connectivity index (χ1) is 11.4. The second-order valence-electron chi connectivity index (χ2n) is 5.39. The van der Waals surface area contributed by atoms with Crippen LogP contribution in [0.4, 0.5) is 19.3 Å². The van der Waals surface area contributed by atoms with Gasteiger partial charge in [-0.25, -0.2) is 13.6 Å². The molecule has 3 amide bonds. The van der Waals surface area contributed by atoms with Gasteiger partial charge in [-0.1, -0.05) is 0 Å². The lowest BCUT2D eigenvalue weighted by atomic mass is 10.3. The van der Waals surface area contributed by atoms with Crippen LogP contribution < -0.4 is 10.6 Å². The highest BCUT2D eigenvalue weighted by molar-refractivity contribution is 9.10. The van der Waals surface area contributed by atoms with Gasteiger partial charge in [-0.05, 0) is 28.9 Å². The molecule has 0 bridgehead atoms. The third-order valence-electron chi connectivity index (χ3n) is 3.63. The molecule has 1 heterocycles. The number of carbonyl (C=O) groups excluding carboxylic acids is 2. The predicted molar refractivity (Wildman–Crippen MR) is 89.8 cm³/mol. The molecule has 0 aromatic heterocycles. The van der Waals surface area contributed by atoms with Crippen LogP contribution in [0.25, 0.3) is 0 Å². The summed E-state index contributed by atoms with van der Waals surface area (Å²) in [5.74, 6) is -1.96. The summed E-state index contributed by atoms with van der Waals surface area (Å²) >= 11 is 3.03. The topological polar surface area (TPSA) is 64.7 Å². The summed E-state index contributed by atoms with van der Waals surface area (Å²) in [6.07, 6.45) is 0. The van der Waals surface area contributed by atoms with Crippen molar-refractivity contribution in [2.45, 2.75) is 6.92 Å². The molecule has 0 radical (unpaired) electrons. The van der Waals surface area contributed by atoms with Crippen LogP contribution in [0, 0.1) is 11.6 Å². The van der Waals surface area contributed by atoms with E-state index in [2.05, 4.69) is 26.6 Å². The Morgan fingerprint density at radius 3 is 2.46 bits per heavy atom. The van der Waals surface area contributed by atoms with E-state index in [-0.39, 0.29) is 22.7 Å². The van der Waals surface area contributed by atoms with Gasteiger partial charge in [-0.15, -0.1) is 0 Å². The zero-order valence-electron chi connectivity index (χ0n) is 13.2. The van der Waals surface area contributed by atoms with Crippen LogP contribution >= 0.6 is 15.9 Å². The molecule has 0 aliphatic carbocycles. The van der Waals surface area contributed by atoms with Gasteiger partial charge >= 0.3 is 6.03 Å². The number of amides is 3. The van der Waals surface area contributed by atoms with Crippen molar-refractivity contribution in [1.82, 2.24) is 15.1 Å². The summed E-state index contributed by atoms with van der Waals surface area (Å²) in [5, 5.41) is 5.18. The molecule has 6 nitrogen and oxygen atoms in total. The van der Waals surface area contributed by atoms with Crippen LogP contribution in [0.15, 0.2) is 16.6 Å². The molecular weight excluding hydrogens is 386 g/mol. The van der Waals surface area contributed by atoms with Gasteiger partial charge in [-0.3, -0.25) is 9.69 Å². The largest absolute Gasteiger partial charge is 0.338 e. The summed E-state index contributed by atoms with van der Waals surface area (Å²) in [5.41, 5.74) is -0.0811. The minimum absolute atomic E-state index is 0.0759. The number of nitrogens with one attached hydrogen (secondary N) is 2. The van der Waals surface area contributed by atoms with E-state index in [4.69, 9.17) is 0 Å². The van der Waals surface area contributed by atoms with E-state index < -0.39 is 17.5 Å². The molecule has 1 aromatic rings. The fourth-order valence-electron chi connectivity index (χ4n) is 2.42. The number of anilines is 1. The van der Waals surface area contributed by atoms with Crippen molar-refractivity contribution in [2.24, 2.45) is 0 Å². The number of benzene rings is 1. The van der Waals surface area contributed by atoms with Crippen molar-refractivity contribution in [1.29, 1.82) is 0 Å². The first kappa shape index (κ1) is 18.6. The monoisotopic (exact) mass is 404 g/mol. The Bertz CT molecular complexity index is 598. The third-order valence-corrected chi connectivity index (χ3v) is 4.25. The highest BCUT2D eigenvalue weighted by atomic mass is 79.9. The van der Waals surface area contributed by atoms with Gasteiger partial charge in [-0.2, -0.15) is 0 Å². The Labute approximate surface area is 147 Å². The zero-order valence-corrected chi connectivity index (χ0v) is 14.8. The van der Waals surface area contributed by atoms with Crippen molar-refractivity contribution in [3.63, 3.8) is 0 Å². The Hall–Kier alpha value is -1.74. The lowest BCUT2D eigenvalue weighted by molar-refractivity contribution is -0.117. The number of halogens is 3. The van der Waals surface area contributed by atoms with Gasteiger partial charge in [0.25, 0.3) is 0 Å². The Kier molecular flexibility index (Phi) is 6.50. The van der Waals surface area contributed by atoms with Gasteiger partial charge in [0, 0.05) is 43.3 Å². The number of carbonyl (C=O) groups is 2. The highest BCUT2D eigenvalue weighted by Crippen LogP contribution is 2.26. The van der Waals surface area contributed by atoms with Crippen LogP contribution in [-0.2, 0) is 4.79 Å². The maximum Gasteiger partial charge on any atom is 0.317 e. The van der Waals surface area contributed by atoms with Crippen molar-refractivity contribution >= 4 is 33.6 Å². The van der Waals surface area contributed by atoms with Gasteiger partial charge in [0.15, 0.2) is 5.82 Å². The first-order valence-electron chi connectivity index (χ1n) is 7.60. The standard InChI is InChI=1S/C15H19BrF2N4O2/c1-2-19-15(24)22-5-3-21(4-6-22)9-13(23)20-14-11(16)7-10(17)8-12(14)18/h7-8H,2-6,9H2,1H3,(H,19,24)(H,20,23). The van der Waals surface area contributed by atoms with E-state index in [9.17, 15) is 18.4 Å². The number of nitrogens with zero attached hydrogens (tertiary/aromatic N) is 2. The Morgan fingerprint density at radius 2 is 1.88 bits per heavy atom. The zero-order chi connectivity index (χ0) is 17.7. The van der Waals surface area contributed by atoms with Gasteiger partial charge in [0.1, 0.15) is 5.82 Å². The van der Waals surface area contributed by atoms with Crippen molar-refractivity contribution in [3.05, 3.63) is 28.2 Å². The summed E-state index contributed by atoms with van der Waals surface area (Å²) < 4.78 is 26.9. The smallest absolute Gasteiger partial charge is 0.317 e. The average Bonchev–Trinajstić information content (AvgIpc) is 2.52. The van der Waals surface area contributed by atoms with Crippen molar-refractivity contribution < 1.29 is 18.4 Å². The number of piperazine rings is 1. The van der Waals surface area contributed by atoms with E-state index in [1.807, 2.05) is 11.8 Å². The molecule has 2 rings (SSSR count). The number of hydrogen-bond donors (Lipinski definition) is 2. The summed E-state index contributed by atoms with van der Waals surface area (Å²) in [4.78, 5) is 27.3. The third kappa shape index (κ3) is 4.88. The molecule has 0 saturated carbocycles. The summed E-state index contributed by atoms with van der Waals surface area (Å²) in [7, 11) is 0. The molecule has 9 heteroatoms. The number of urea groups is 1. The number of rotatable bonds is 4. The van der Waals surface area contributed by atoms with E-state index in [1.54, 1.807) is 4.90 Å². The quantitative estimate of drug-likeness (QED) is 0.806. The van der Waals surface area contributed by atoms with E-state index >= 15 is 0 Å². The minimum Gasteiger partial charge on any atom is -0.338 e. The Morgan fingerprint density at radius 1 is 1.21 bits per heavy atom. The van der Waals surface area contributed by atoms with Crippen LogP contribution in [0.2, 0.25) is 0 Å². The van der Waals surface area contributed by atoms with Crippen LogP contribution in [0.5, 0.6) is 0 Å². The van der Waals surface area contributed by atoms with E-state index in [0.717, 1.165) is 6.07 Å². The SMILES string of the molecule is CCNC(=O)N1CCN(CC(=O)Nc2c(F)cc(F)cc2Br)CC1. The molecule has 24 heavy (non-hydrogen) atoms. The molecular formula is C15H19BrF2N4O2. The fourth-order valence-corrected chi connectivity index (χ4v) is 2.92. The van der Waals surface area contributed by atoms with Gasteiger partial charge in [0.05, 0.1) is 12.2 Å². The Balaban J connectivity index is 1.85. The number of hydrogen-bond acceptors (Lipinski definition) is 3. The second kappa shape index (κ2) is 8.39. The van der Waals surface area contributed by atoms with Gasteiger partial charge < -0.3 is 15.5 Å². The van der Waals surface area contributed by atoms with Crippen LogP contribution in [0.3, 0.4) is 0 Å². The molecule has 1 saturated heterocycles. The molecule has 0 atom stereocenters. The van der Waals surface area contributed by atoms with Crippen molar-refractivity contribution in [2.75, 3.05) is 44.6 Å². The van der Waals surface area contributed by atoms with Crippen molar-refractivity contribution in [3.8, 4) is 0 Å². The molecule has 0 unspecified atom stereocenters. The molecule has 1 aromatic carbocycles. The predicted octanol–water partition coefficient (Wildman–Crippen LogP) is 2.01. The van der Waals surface area contributed by atoms with E-state index in [0.29, 0.717) is 38.8 Å². The second-order valence-corrected chi connectivity index (χ2v) is 6.25. The normalized spacial score (nSPS) is 15.2. The van der Waals surface area contributed by atoms with Gasteiger partial charge in [0.2, 0.25) is 5.91 Å². The molecule has 0 spiro atoms. The molecule has 2 N–H and O–H groups in total. The maximum absolute atomic E-state index is 13.7. The fraction of sp³-hybridized carbons (Fsp3) is 0.467. The minimum atomic E-state index is -0.837. The average molecular weight is 405 g/mol. The lowest BCUT2D eigenvalue weighted by Crippen LogP contribution is -2.53. The molecule has 1 fully saturated rings. The maximum atomic E-state index is 13.7. The molecule has 1 aliphatic heterocycles. The van der Waals surface area contributed by atoms with Crippen LogP contribution in [0.1, 0.15) is 6.92 Å². The van der Waals surface area contributed by atoms with E-state index in [1.165, 1.54) is 0 Å².